The molecule has 0 saturated carbocycles. The standard InChI is InChI=1S/C20H22ClFN2O3/c1-4-16(24-11(2)9-12(3)25)14-6-7-15(21)18(19(14)22)20(27)13-5-8-17(26)23-10-13/h5-8,10-11,16,24H,4,9H2,1-3H3,(H,23,26)/t11-,16+/m0/s1. The van der Waals surface area contributed by atoms with Crippen molar-refractivity contribution in [2.75, 3.05) is 0 Å². The van der Waals surface area contributed by atoms with E-state index in [1.54, 1.807) is 6.07 Å². The van der Waals surface area contributed by atoms with Crippen LogP contribution in [0.2, 0.25) is 5.02 Å². The van der Waals surface area contributed by atoms with E-state index in [9.17, 15) is 14.4 Å². The van der Waals surface area contributed by atoms with Crippen LogP contribution in [0.4, 0.5) is 4.39 Å². The molecule has 5 nitrogen and oxygen atoms in total. The molecule has 2 rings (SSSR count). The molecule has 0 bridgehead atoms. The molecule has 0 amide bonds. The number of benzene rings is 1. The van der Waals surface area contributed by atoms with E-state index in [4.69, 9.17) is 11.6 Å². The molecule has 0 fully saturated rings. The Hall–Kier alpha value is -2.31. The zero-order valence-corrected chi connectivity index (χ0v) is 16.2. The zero-order valence-electron chi connectivity index (χ0n) is 15.4. The number of rotatable bonds is 8. The molecule has 2 atom stereocenters. The molecule has 1 aromatic heterocycles. The number of Topliss-reactive ketones (excluding diaryl/α,β-unsaturated/α-hetero) is 1. The summed E-state index contributed by atoms with van der Waals surface area (Å²) in [6.07, 6.45) is 2.12. The van der Waals surface area contributed by atoms with Crippen LogP contribution in [0.3, 0.4) is 0 Å². The molecule has 1 heterocycles. The fourth-order valence-electron chi connectivity index (χ4n) is 3.00. The number of pyridine rings is 1. The molecule has 144 valence electrons. The van der Waals surface area contributed by atoms with Crippen molar-refractivity contribution in [3.63, 3.8) is 0 Å². The van der Waals surface area contributed by atoms with Crippen LogP contribution >= 0.6 is 11.6 Å². The number of hydrogen-bond acceptors (Lipinski definition) is 4. The van der Waals surface area contributed by atoms with Gasteiger partial charge in [0.05, 0.1) is 10.6 Å². The fraction of sp³-hybridized carbons (Fsp3) is 0.350. The number of ketones is 2. The van der Waals surface area contributed by atoms with Gasteiger partial charge in [0, 0.05) is 41.9 Å². The smallest absolute Gasteiger partial charge is 0.247 e. The van der Waals surface area contributed by atoms with E-state index in [2.05, 4.69) is 10.3 Å². The molecule has 0 aliphatic carbocycles. The van der Waals surface area contributed by atoms with Gasteiger partial charge in [0.1, 0.15) is 11.6 Å². The van der Waals surface area contributed by atoms with Gasteiger partial charge < -0.3 is 10.3 Å². The number of H-pyrrole nitrogens is 1. The quantitative estimate of drug-likeness (QED) is 0.669. The summed E-state index contributed by atoms with van der Waals surface area (Å²) in [5, 5.41) is 3.22. The molecule has 0 aliphatic rings. The van der Waals surface area contributed by atoms with Crippen LogP contribution in [0.25, 0.3) is 0 Å². The summed E-state index contributed by atoms with van der Waals surface area (Å²) in [7, 11) is 0. The van der Waals surface area contributed by atoms with E-state index in [1.807, 2.05) is 13.8 Å². The van der Waals surface area contributed by atoms with Crippen LogP contribution in [0.1, 0.15) is 61.1 Å². The van der Waals surface area contributed by atoms with Crippen molar-refractivity contribution in [1.29, 1.82) is 0 Å². The average molecular weight is 393 g/mol. The lowest BCUT2D eigenvalue weighted by Crippen LogP contribution is -2.32. The Morgan fingerprint density at radius 3 is 2.52 bits per heavy atom. The van der Waals surface area contributed by atoms with E-state index in [0.29, 0.717) is 18.4 Å². The summed E-state index contributed by atoms with van der Waals surface area (Å²) in [6.45, 7) is 5.24. The first-order valence-electron chi connectivity index (χ1n) is 8.71. The summed E-state index contributed by atoms with van der Waals surface area (Å²) in [6, 6.07) is 5.04. The number of carbonyl (C=O) groups is 2. The largest absolute Gasteiger partial charge is 0.328 e. The highest BCUT2D eigenvalue weighted by Crippen LogP contribution is 2.29. The molecule has 0 radical (unpaired) electrons. The minimum atomic E-state index is -0.701. The van der Waals surface area contributed by atoms with Gasteiger partial charge in [-0.05, 0) is 32.4 Å². The normalized spacial score (nSPS) is 13.2. The first-order valence-corrected chi connectivity index (χ1v) is 9.09. The van der Waals surface area contributed by atoms with Crippen LogP contribution in [-0.2, 0) is 4.79 Å². The topological polar surface area (TPSA) is 79.0 Å². The van der Waals surface area contributed by atoms with Gasteiger partial charge in [-0.3, -0.25) is 14.4 Å². The summed E-state index contributed by atoms with van der Waals surface area (Å²) >= 11 is 6.10. The summed E-state index contributed by atoms with van der Waals surface area (Å²) in [4.78, 5) is 37.6. The maximum atomic E-state index is 15.2. The van der Waals surface area contributed by atoms with Crippen molar-refractivity contribution >= 4 is 23.2 Å². The molecule has 0 unspecified atom stereocenters. The summed E-state index contributed by atoms with van der Waals surface area (Å²) in [5.74, 6) is -1.27. The number of aromatic amines is 1. The number of halogens is 2. The van der Waals surface area contributed by atoms with E-state index in [-0.39, 0.29) is 39.6 Å². The third-order valence-electron chi connectivity index (χ3n) is 4.26. The molecule has 0 aliphatic heterocycles. The predicted octanol–water partition coefficient (Wildman–Crippen LogP) is 3.81. The molecule has 1 aromatic carbocycles. The second kappa shape index (κ2) is 9.06. The number of hydrogen-bond donors (Lipinski definition) is 2. The van der Waals surface area contributed by atoms with Gasteiger partial charge in [-0.2, -0.15) is 0 Å². The van der Waals surface area contributed by atoms with Crippen molar-refractivity contribution < 1.29 is 14.0 Å². The van der Waals surface area contributed by atoms with Crippen LogP contribution in [0, 0.1) is 5.82 Å². The Kier molecular flexibility index (Phi) is 7.05. The minimum Gasteiger partial charge on any atom is -0.328 e. The Labute approximate surface area is 161 Å². The first-order chi connectivity index (χ1) is 12.7. The SMILES string of the molecule is CC[C@@H](N[C@@H](C)CC(C)=O)c1ccc(Cl)c(C(=O)c2ccc(=O)[nH]c2)c1F. The third kappa shape index (κ3) is 5.11. The van der Waals surface area contributed by atoms with Crippen LogP contribution in [0.5, 0.6) is 0 Å². The van der Waals surface area contributed by atoms with Crippen molar-refractivity contribution in [2.45, 2.75) is 45.7 Å². The molecule has 2 aromatic rings. The summed E-state index contributed by atoms with van der Waals surface area (Å²) < 4.78 is 15.2. The van der Waals surface area contributed by atoms with Gasteiger partial charge in [0.15, 0.2) is 5.78 Å². The number of carbonyl (C=O) groups excluding carboxylic acids is 2. The highest BCUT2D eigenvalue weighted by Gasteiger charge is 2.25. The Morgan fingerprint density at radius 2 is 1.96 bits per heavy atom. The maximum absolute atomic E-state index is 15.2. The number of aromatic nitrogens is 1. The Bertz CT molecular complexity index is 890. The molecule has 0 spiro atoms. The zero-order chi connectivity index (χ0) is 20.1. The molecular weight excluding hydrogens is 371 g/mol. The molecular formula is C20H22ClFN2O3. The second-order valence-corrected chi connectivity index (χ2v) is 6.94. The monoisotopic (exact) mass is 392 g/mol. The van der Waals surface area contributed by atoms with Crippen molar-refractivity contribution in [1.82, 2.24) is 10.3 Å². The van der Waals surface area contributed by atoms with Gasteiger partial charge in [0.2, 0.25) is 5.56 Å². The van der Waals surface area contributed by atoms with Gasteiger partial charge in [-0.1, -0.05) is 24.6 Å². The Balaban J connectivity index is 2.40. The van der Waals surface area contributed by atoms with E-state index in [1.165, 1.54) is 31.3 Å². The average Bonchev–Trinajstić information content (AvgIpc) is 2.60. The van der Waals surface area contributed by atoms with Gasteiger partial charge in [-0.15, -0.1) is 0 Å². The first kappa shape index (κ1) is 21.0. The lowest BCUT2D eigenvalue weighted by atomic mass is 9.96. The number of nitrogens with one attached hydrogen (secondary N) is 2. The molecule has 27 heavy (non-hydrogen) atoms. The van der Waals surface area contributed by atoms with Gasteiger partial charge >= 0.3 is 0 Å². The van der Waals surface area contributed by atoms with E-state index >= 15 is 4.39 Å². The van der Waals surface area contributed by atoms with Crippen LogP contribution < -0.4 is 10.9 Å². The van der Waals surface area contributed by atoms with Gasteiger partial charge in [-0.25, -0.2) is 4.39 Å². The minimum absolute atomic E-state index is 0.000845. The van der Waals surface area contributed by atoms with Crippen LogP contribution in [0.15, 0.2) is 35.3 Å². The van der Waals surface area contributed by atoms with Crippen molar-refractivity contribution in [3.05, 3.63) is 68.3 Å². The van der Waals surface area contributed by atoms with Crippen LogP contribution in [-0.4, -0.2) is 22.6 Å². The van der Waals surface area contributed by atoms with E-state index in [0.717, 1.165) is 0 Å². The molecule has 7 heteroatoms. The lowest BCUT2D eigenvalue weighted by Gasteiger charge is -2.23. The summed E-state index contributed by atoms with van der Waals surface area (Å²) in [5.41, 5.74) is -0.147. The van der Waals surface area contributed by atoms with Gasteiger partial charge in [0.25, 0.3) is 0 Å². The highest BCUT2D eigenvalue weighted by atomic mass is 35.5. The van der Waals surface area contributed by atoms with E-state index < -0.39 is 11.6 Å². The third-order valence-corrected chi connectivity index (χ3v) is 4.57. The fourth-order valence-corrected chi connectivity index (χ4v) is 3.23. The Morgan fingerprint density at radius 1 is 1.26 bits per heavy atom. The second-order valence-electron chi connectivity index (χ2n) is 6.53. The van der Waals surface area contributed by atoms with Crippen molar-refractivity contribution in [2.24, 2.45) is 0 Å². The molecule has 2 N–H and O–H groups in total. The molecule has 0 saturated heterocycles. The maximum Gasteiger partial charge on any atom is 0.247 e. The predicted molar refractivity (Wildman–Crippen MR) is 103 cm³/mol. The highest BCUT2D eigenvalue weighted by molar-refractivity contribution is 6.35. The van der Waals surface area contributed by atoms with Crippen molar-refractivity contribution in [3.8, 4) is 0 Å². The lowest BCUT2D eigenvalue weighted by molar-refractivity contribution is -0.117.